The minimum atomic E-state index is -0.710. The molecule has 0 radical (unpaired) electrons. The van der Waals surface area contributed by atoms with Crippen LogP contribution in [0.5, 0.6) is 5.75 Å². The first-order chi connectivity index (χ1) is 17.5. The molecule has 9 heteroatoms. The Morgan fingerprint density at radius 1 is 1.08 bits per heavy atom. The van der Waals surface area contributed by atoms with E-state index in [-0.39, 0.29) is 12.2 Å². The second-order valence-electron chi connectivity index (χ2n) is 7.85. The van der Waals surface area contributed by atoms with Crippen molar-refractivity contribution in [2.45, 2.75) is 13.0 Å². The average molecular weight is 582 g/mol. The number of halogens is 1. The van der Waals surface area contributed by atoms with Gasteiger partial charge in [0, 0.05) is 10.4 Å². The molecule has 2 aromatic carbocycles. The highest BCUT2D eigenvalue weighted by Gasteiger charge is 2.35. The van der Waals surface area contributed by atoms with Crippen LogP contribution in [0.25, 0.3) is 11.8 Å². The fraction of sp³-hybridized carbons (Fsp3) is 0.148. The van der Waals surface area contributed by atoms with Crippen LogP contribution in [-0.2, 0) is 9.53 Å². The van der Waals surface area contributed by atoms with Crippen LogP contribution in [-0.4, -0.2) is 24.3 Å². The molecule has 0 saturated heterocycles. The summed E-state index contributed by atoms with van der Waals surface area (Å²) in [5.74, 6) is 0.178. The highest BCUT2D eigenvalue weighted by atomic mass is 79.9. The topological polar surface area (TPSA) is 69.9 Å². The number of rotatable bonds is 6. The van der Waals surface area contributed by atoms with Crippen molar-refractivity contribution in [1.29, 1.82) is 0 Å². The molecule has 1 atom stereocenters. The smallest absolute Gasteiger partial charge is 0.338 e. The van der Waals surface area contributed by atoms with Crippen LogP contribution >= 0.6 is 38.6 Å². The summed E-state index contributed by atoms with van der Waals surface area (Å²) in [5.41, 5.74) is 2.15. The SMILES string of the molecule is CCOC(=O)C1=C(c2ccccc2)N=c2sc(=Cc3ccc(Br)s3)c(=O)n2[C@H]1c1ccc(OC)cc1. The van der Waals surface area contributed by atoms with E-state index < -0.39 is 12.0 Å². The zero-order valence-corrected chi connectivity index (χ0v) is 22.7. The van der Waals surface area contributed by atoms with E-state index in [4.69, 9.17) is 14.5 Å². The highest BCUT2D eigenvalue weighted by Crippen LogP contribution is 2.35. The molecule has 0 saturated carbocycles. The number of carbonyl (C=O) groups is 1. The van der Waals surface area contributed by atoms with Gasteiger partial charge in [0.2, 0.25) is 0 Å². The zero-order chi connectivity index (χ0) is 25.2. The molecule has 0 spiro atoms. The number of thiophene rings is 1. The van der Waals surface area contributed by atoms with Crippen molar-refractivity contribution in [3.05, 3.63) is 112 Å². The Morgan fingerprint density at radius 2 is 1.83 bits per heavy atom. The maximum Gasteiger partial charge on any atom is 0.338 e. The number of methoxy groups -OCH3 is 1. The third kappa shape index (κ3) is 4.61. The van der Waals surface area contributed by atoms with E-state index in [1.807, 2.05) is 72.8 Å². The van der Waals surface area contributed by atoms with Gasteiger partial charge in [-0.2, -0.15) is 0 Å². The van der Waals surface area contributed by atoms with Crippen LogP contribution in [0, 0.1) is 0 Å². The predicted octanol–water partition coefficient (Wildman–Crippen LogP) is 4.77. The van der Waals surface area contributed by atoms with Gasteiger partial charge in [0.25, 0.3) is 5.56 Å². The number of aromatic nitrogens is 1. The first-order valence-corrected chi connectivity index (χ1v) is 13.6. The molecule has 1 aliphatic heterocycles. The molecule has 1 aliphatic rings. The van der Waals surface area contributed by atoms with Gasteiger partial charge in [-0.25, -0.2) is 9.79 Å². The van der Waals surface area contributed by atoms with Crippen LogP contribution in [0.4, 0.5) is 0 Å². The van der Waals surface area contributed by atoms with Gasteiger partial charge in [-0.3, -0.25) is 9.36 Å². The number of esters is 1. The van der Waals surface area contributed by atoms with Crippen molar-refractivity contribution in [3.63, 3.8) is 0 Å². The maximum absolute atomic E-state index is 13.8. The number of fused-ring (bicyclic) bond motifs is 1. The zero-order valence-electron chi connectivity index (χ0n) is 19.4. The Hall–Kier alpha value is -3.27. The molecular formula is C27H21BrN2O4S2. The lowest BCUT2D eigenvalue weighted by Crippen LogP contribution is -2.39. The van der Waals surface area contributed by atoms with Crippen molar-refractivity contribution >= 4 is 56.3 Å². The van der Waals surface area contributed by atoms with Crippen molar-refractivity contribution in [1.82, 2.24) is 4.57 Å². The molecule has 0 aliphatic carbocycles. The Labute approximate surface area is 223 Å². The van der Waals surface area contributed by atoms with E-state index in [0.717, 1.165) is 19.8 Å². The molecule has 0 amide bonds. The number of hydrogen-bond acceptors (Lipinski definition) is 7. The van der Waals surface area contributed by atoms with Gasteiger partial charge >= 0.3 is 5.97 Å². The van der Waals surface area contributed by atoms with Gasteiger partial charge in [-0.15, -0.1) is 11.3 Å². The molecule has 0 bridgehead atoms. The Bertz CT molecular complexity index is 1630. The number of thiazole rings is 1. The molecular weight excluding hydrogens is 560 g/mol. The van der Waals surface area contributed by atoms with Crippen LogP contribution < -0.4 is 19.6 Å². The second kappa shape index (κ2) is 10.4. The highest BCUT2D eigenvalue weighted by molar-refractivity contribution is 9.11. The third-order valence-electron chi connectivity index (χ3n) is 5.67. The molecule has 0 unspecified atom stereocenters. The molecule has 36 heavy (non-hydrogen) atoms. The van der Waals surface area contributed by atoms with Gasteiger partial charge < -0.3 is 9.47 Å². The van der Waals surface area contributed by atoms with Crippen LogP contribution in [0.3, 0.4) is 0 Å². The molecule has 2 aromatic heterocycles. The quantitative estimate of drug-likeness (QED) is 0.308. The molecule has 0 fully saturated rings. The van der Waals surface area contributed by atoms with Crippen LogP contribution in [0.1, 0.15) is 29.0 Å². The molecule has 0 N–H and O–H groups in total. The Kier molecular flexibility index (Phi) is 7.04. The summed E-state index contributed by atoms with van der Waals surface area (Å²) in [6.45, 7) is 1.97. The first-order valence-electron chi connectivity index (χ1n) is 11.2. The number of carbonyl (C=O) groups excluding carboxylic acids is 1. The lowest BCUT2D eigenvalue weighted by molar-refractivity contribution is -0.138. The van der Waals surface area contributed by atoms with Gasteiger partial charge in [-0.1, -0.05) is 53.8 Å². The summed E-state index contributed by atoms with van der Waals surface area (Å²) in [6, 6.07) is 20.1. The van der Waals surface area contributed by atoms with E-state index >= 15 is 0 Å². The van der Waals surface area contributed by atoms with Crippen molar-refractivity contribution in [2.24, 2.45) is 4.99 Å². The van der Waals surface area contributed by atoms with E-state index in [0.29, 0.717) is 26.4 Å². The lowest BCUT2D eigenvalue weighted by Gasteiger charge is -2.26. The second-order valence-corrected chi connectivity index (χ2v) is 11.4. The summed E-state index contributed by atoms with van der Waals surface area (Å²) in [7, 11) is 1.60. The number of ether oxygens (including phenoxy) is 2. The summed E-state index contributed by atoms with van der Waals surface area (Å²) >= 11 is 6.32. The largest absolute Gasteiger partial charge is 0.497 e. The number of benzene rings is 2. The average Bonchev–Trinajstić information content (AvgIpc) is 3.45. The Balaban J connectivity index is 1.82. The van der Waals surface area contributed by atoms with E-state index in [1.54, 1.807) is 18.6 Å². The molecule has 182 valence electrons. The first kappa shape index (κ1) is 24.4. The van der Waals surface area contributed by atoms with Crippen molar-refractivity contribution < 1.29 is 14.3 Å². The maximum atomic E-state index is 13.8. The molecule has 3 heterocycles. The van der Waals surface area contributed by atoms with Gasteiger partial charge in [0.1, 0.15) is 5.75 Å². The minimum absolute atomic E-state index is 0.206. The van der Waals surface area contributed by atoms with Gasteiger partial charge in [0.05, 0.1) is 39.3 Å². The van der Waals surface area contributed by atoms with Crippen LogP contribution in [0.2, 0.25) is 0 Å². The summed E-state index contributed by atoms with van der Waals surface area (Å²) in [4.78, 5) is 33.5. The summed E-state index contributed by atoms with van der Waals surface area (Å²) < 4.78 is 13.9. The predicted molar refractivity (Wildman–Crippen MR) is 146 cm³/mol. The fourth-order valence-electron chi connectivity index (χ4n) is 4.08. The molecule has 5 rings (SSSR count). The van der Waals surface area contributed by atoms with Gasteiger partial charge in [0.15, 0.2) is 4.80 Å². The van der Waals surface area contributed by atoms with Gasteiger partial charge in [-0.05, 0) is 58.8 Å². The van der Waals surface area contributed by atoms with Crippen LogP contribution in [0.15, 0.2) is 85.9 Å². The fourth-order valence-corrected chi connectivity index (χ4v) is 6.51. The normalized spacial score (nSPS) is 15.4. The lowest BCUT2D eigenvalue weighted by atomic mass is 9.93. The van der Waals surface area contributed by atoms with E-state index in [2.05, 4.69) is 15.9 Å². The van der Waals surface area contributed by atoms with E-state index in [1.165, 1.54) is 22.7 Å². The molecule has 6 nitrogen and oxygen atoms in total. The summed E-state index contributed by atoms with van der Waals surface area (Å²) in [5, 5.41) is 0. The Morgan fingerprint density at radius 3 is 2.47 bits per heavy atom. The third-order valence-corrected chi connectivity index (χ3v) is 8.23. The van der Waals surface area contributed by atoms with Crippen molar-refractivity contribution in [3.8, 4) is 5.75 Å². The van der Waals surface area contributed by atoms with Crippen molar-refractivity contribution in [2.75, 3.05) is 13.7 Å². The number of hydrogen-bond donors (Lipinski definition) is 0. The number of nitrogens with zero attached hydrogens (tertiary/aromatic N) is 2. The standard InChI is InChI=1S/C27H21BrN2O4S2/c1-3-34-26(32)22-23(16-7-5-4-6-8-16)29-27-30(24(22)17-9-11-18(33-2)12-10-17)25(31)20(36-27)15-19-13-14-21(28)35-19/h4-15,24H,3H2,1-2H3/t24-/m0/s1. The molecule has 4 aromatic rings. The van der Waals surface area contributed by atoms with E-state index in [9.17, 15) is 9.59 Å². The monoisotopic (exact) mass is 580 g/mol. The summed E-state index contributed by atoms with van der Waals surface area (Å²) in [6.07, 6.45) is 1.86. The minimum Gasteiger partial charge on any atom is -0.497 e.